The lowest BCUT2D eigenvalue weighted by molar-refractivity contribution is 0.0740. The summed E-state index contributed by atoms with van der Waals surface area (Å²) < 4.78 is 14.2. The van der Waals surface area contributed by atoms with Gasteiger partial charge in [-0.15, -0.1) is 0 Å². The van der Waals surface area contributed by atoms with Crippen LogP contribution in [0, 0.1) is 5.82 Å². The fraction of sp³-hybridized carbons (Fsp3) is 0.130. The Bertz CT molecular complexity index is 1090. The molecular formula is C23H20FN3O. The third-order valence-corrected chi connectivity index (χ3v) is 4.84. The Morgan fingerprint density at radius 2 is 1.75 bits per heavy atom. The molecule has 0 aliphatic heterocycles. The fourth-order valence-electron chi connectivity index (χ4n) is 3.36. The number of halogens is 1. The van der Waals surface area contributed by atoms with Gasteiger partial charge in [0.1, 0.15) is 5.82 Å². The molecule has 0 radical (unpaired) electrons. The van der Waals surface area contributed by atoms with Crippen molar-refractivity contribution < 1.29 is 9.18 Å². The molecule has 0 fully saturated rings. The van der Waals surface area contributed by atoms with Crippen LogP contribution in [0.25, 0.3) is 10.9 Å². The van der Waals surface area contributed by atoms with Crippen LogP contribution in [0.15, 0.2) is 79.3 Å². The van der Waals surface area contributed by atoms with Gasteiger partial charge in [-0.25, -0.2) is 4.39 Å². The van der Waals surface area contributed by atoms with Gasteiger partial charge in [-0.05, 0) is 47.9 Å². The number of hydrogen-bond acceptors (Lipinski definition) is 2. The summed E-state index contributed by atoms with van der Waals surface area (Å²) in [5, 5.41) is 1.14. The van der Waals surface area contributed by atoms with Crippen molar-refractivity contribution in [2.75, 3.05) is 6.54 Å². The van der Waals surface area contributed by atoms with E-state index in [-0.39, 0.29) is 11.5 Å². The normalized spacial score (nSPS) is 10.9. The van der Waals surface area contributed by atoms with E-state index in [0.717, 1.165) is 22.0 Å². The highest BCUT2D eigenvalue weighted by molar-refractivity contribution is 5.94. The number of pyridine rings is 1. The number of benzene rings is 2. The van der Waals surface area contributed by atoms with Gasteiger partial charge in [-0.1, -0.05) is 30.3 Å². The molecule has 0 saturated carbocycles. The molecule has 140 valence electrons. The van der Waals surface area contributed by atoms with Crippen LogP contribution in [0.5, 0.6) is 0 Å². The molecule has 0 saturated heterocycles. The average Bonchev–Trinajstić information content (AvgIpc) is 3.15. The molecule has 0 aliphatic rings. The number of nitrogens with one attached hydrogen (secondary N) is 1. The fourth-order valence-corrected chi connectivity index (χ4v) is 3.36. The molecule has 0 unspecified atom stereocenters. The SMILES string of the molecule is O=C(c1ccccc1F)N(CCc1c[nH]c2ccccc12)Cc1ccncc1. The standard InChI is InChI=1S/C23H20FN3O/c24-21-7-3-1-6-20(21)23(28)27(16-17-9-12-25-13-10-17)14-11-18-15-26-22-8-4-2-5-19(18)22/h1-10,12-13,15,26H,11,14,16H2. The van der Waals surface area contributed by atoms with Crippen LogP contribution in [0.3, 0.4) is 0 Å². The van der Waals surface area contributed by atoms with Gasteiger partial charge < -0.3 is 9.88 Å². The van der Waals surface area contributed by atoms with Crippen LogP contribution in [0.2, 0.25) is 0 Å². The molecule has 0 aliphatic carbocycles. The number of rotatable bonds is 6. The van der Waals surface area contributed by atoms with E-state index in [4.69, 9.17) is 0 Å². The summed E-state index contributed by atoms with van der Waals surface area (Å²) >= 11 is 0. The zero-order valence-electron chi connectivity index (χ0n) is 15.3. The Morgan fingerprint density at radius 3 is 2.57 bits per heavy atom. The number of nitrogens with zero attached hydrogens (tertiary/aromatic N) is 2. The monoisotopic (exact) mass is 373 g/mol. The lowest BCUT2D eigenvalue weighted by Gasteiger charge is -2.23. The van der Waals surface area contributed by atoms with Gasteiger partial charge >= 0.3 is 0 Å². The van der Waals surface area contributed by atoms with Crippen molar-refractivity contribution in [2.24, 2.45) is 0 Å². The minimum atomic E-state index is -0.501. The molecule has 28 heavy (non-hydrogen) atoms. The predicted octanol–water partition coefficient (Wildman–Crippen LogP) is 4.59. The van der Waals surface area contributed by atoms with Gasteiger partial charge in [0.25, 0.3) is 5.91 Å². The highest BCUT2D eigenvalue weighted by Crippen LogP contribution is 2.20. The molecule has 0 spiro atoms. The summed E-state index contributed by atoms with van der Waals surface area (Å²) in [5.74, 6) is -0.811. The molecule has 4 nitrogen and oxygen atoms in total. The van der Waals surface area contributed by atoms with Crippen molar-refractivity contribution in [3.05, 3.63) is 102 Å². The minimum Gasteiger partial charge on any atom is -0.361 e. The van der Waals surface area contributed by atoms with Gasteiger partial charge in [0.05, 0.1) is 5.56 Å². The van der Waals surface area contributed by atoms with E-state index >= 15 is 0 Å². The Labute approximate surface area is 162 Å². The van der Waals surface area contributed by atoms with E-state index in [1.807, 2.05) is 36.5 Å². The molecule has 1 N–H and O–H groups in total. The predicted molar refractivity (Wildman–Crippen MR) is 107 cm³/mol. The van der Waals surface area contributed by atoms with Gasteiger partial charge in [-0.3, -0.25) is 9.78 Å². The first-order valence-electron chi connectivity index (χ1n) is 9.20. The van der Waals surface area contributed by atoms with E-state index in [0.29, 0.717) is 19.5 Å². The Balaban J connectivity index is 1.59. The number of amides is 1. The van der Waals surface area contributed by atoms with E-state index in [1.165, 1.54) is 12.1 Å². The molecule has 1 amide bonds. The van der Waals surface area contributed by atoms with E-state index < -0.39 is 5.82 Å². The second-order valence-corrected chi connectivity index (χ2v) is 6.67. The Morgan fingerprint density at radius 1 is 1.00 bits per heavy atom. The number of aromatic nitrogens is 2. The lowest BCUT2D eigenvalue weighted by Crippen LogP contribution is -2.33. The number of carbonyl (C=O) groups excluding carboxylic acids is 1. The maximum atomic E-state index is 14.2. The minimum absolute atomic E-state index is 0.0930. The number of carbonyl (C=O) groups is 1. The van der Waals surface area contributed by atoms with Crippen molar-refractivity contribution >= 4 is 16.8 Å². The highest BCUT2D eigenvalue weighted by Gasteiger charge is 2.19. The summed E-state index contributed by atoms with van der Waals surface area (Å²) in [6, 6.07) is 17.9. The third kappa shape index (κ3) is 3.78. The molecule has 5 heteroatoms. The molecule has 2 heterocycles. The zero-order chi connectivity index (χ0) is 19.3. The summed E-state index contributed by atoms with van der Waals surface area (Å²) in [5.41, 5.74) is 3.25. The number of para-hydroxylation sites is 1. The molecule has 0 bridgehead atoms. The van der Waals surface area contributed by atoms with Crippen molar-refractivity contribution in [3.63, 3.8) is 0 Å². The molecule has 0 atom stereocenters. The van der Waals surface area contributed by atoms with Gasteiger partial charge in [0.2, 0.25) is 0 Å². The molecule has 4 aromatic rings. The van der Waals surface area contributed by atoms with Crippen LogP contribution in [0.1, 0.15) is 21.5 Å². The second kappa shape index (κ2) is 8.05. The maximum absolute atomic E-state index is 14.2. The maximum Gasteiger partial charge on any atom is 0.257 e. The van der Waals surface area contributed by atoms with E-state index in [9.17, 15) is 9.18 Å². The van der Waals surface area contributed by atoms with Crippen LogP contribution in [-0.4, -0.2) is 27.3 Å². The summed E-state index contributed by atoms with van der Waals surface area (Å²) in [7, 11) is 0. The lowest BCUT2D eigenvalue weighted by atomic mass is 10.1. The molecule has 2 aromatic heterocycles. The van der Waals surface area contributed by atoms with Crippen LogP contribution in [0.4, 0.5) is 4.39 Å². The van der Waals surface area contributed by atoms with Gasteiger partial charge in [0, 0.05) is 42.6 Å². The average molecular weight is 373 g/mol. The summed E-state index contributed by atoms with van der Waals surface area (Å²) in [6.07, 6.45) is 6.04. The number of fused-ring (bicyclic) bond motifs is 1. The highest BCUT2D eigenvalue weighted by atomic mass is 19.1. The van der Waals surface area contributed by atoms with Crippen molar-refractivity contribution in [3.8, 4) is 0 Å². The quantitative estimate of drug-likeness (QED) is 0.537. The Hall–Kier alpha value is -3.47. The molecule has 2 aromatic carbocycles. The van der Waals surface area contributed by atoms with Crippen LogP contribution < -0.4 is 0 Å². The first kappa shape index (κ1) is 17.9. The smallest absolute Gasteiger partial charge is 0.257 e. The van der Waals surface area contributed by atoms with Crippen LogP contribution in [-0.2, 0) is 13.0 Å². The van der Waals surface area contributed by atoms with Crippen molar-refractivity contribution in [1.29, 1.82) is 0 Å². The first-order chi connectivity index (χ1) is 13.7. The number of H-pyrrole nitrogens is 1. The summed E-state index contributed by atoms with van der Waals surface area (Å²) in [6.45, 7) is 0.884. The van der Waals surface area contributed by atoms with Crippen LogP contribution >= 0.6 is 0 Å². The second-order valence-electron chi connectivity index (χ2n) is 6.67. The number of aromatic amines is 1. The Kier molecular flexibility index (Phi) is 5.15. The van der Waals surface area contributed by atoms with Gasteiger partial charge in [0.15, 0.2) is 0 Å². The first-order valence-corrected chi connectivity index (χ1v) is 9.20. The van der Waals surface area contributed by atoms with E-state index in [1.54, 1.807) is 29.4 Å². The summed E-state index contributed by atoms with van der Waals surface area (Å²) in [4.78, 5) is 22.0. The number of hydrogen-bond donors (Lipinski definition) is 1. The zero-order valence-corrected chi connectivity index (χ0v) is 15.3. The van der Waals surface area contributed by atoms with Gasteiger partial charge in [-0.2, -0.15) is 0 Å². The molecule has 4 rings (SSSR count). The molecular weight excluding hydrogens is 353 g/mol. The van der Waals surface area contributed by atoms with Crippen molar-refractivity contribution in [1.82, 2.24) is 14.9 Å². The largest absolute Gasteiger partial charge is 0.361 e. The third-order valence-electron chi connectivity index (χ3n) is 4.84. The van der Waals surface area contributed by atoms with Crippen molar-refractivity contribution in [2.45, 2.75) is 13.0 Å². The van der Waals surface area contributed by atoms with E-state index in [2.05, 4.69) is 16.0 Å². The topological polar surface area (TPSA) is 49.0 Å².